The van der Waals surface area contributed by atoms with Crippen molar-refractivity contribution >= 4 is 43.4 Å². The molecule has 2 nitrogen and oxygen atoms in total. The van der Waals surface area contributed by atoms with E-state index in [0.29, 0.717) is 0 Å². The molecule has 0 fully saturated rings. The van der Waals surface area contributed by atoms with E-state index >= 15 is 0 Å². The van der Waals surface area contributed by atoms with E-state index in [4.69, 9.17) is 0 Å². The fraction of sp³-hybridized carbons (Fsp3) is 0.0164. The van der Waals surface area contributed by atoms with Crippen LogP contribution in [0, 0.1) is 0 Å². The molecule has 10 aromatic carbocycles. The Morgan fingerprint density at radius 3 is 1.25 bits per heavy atom. The number of aryl methyl sites for hydroxylation is 1. The molecular formula is C61H38N2. The van der Waals surface area contributed by atoms with Crippen LogP contribution in [0.25, 0.3) is 138 Å². The number of nitrogens with zero attached hydrogens (tertiary/aromatic N) is 2. The highest BCUT2D eigenvalue weighted by Gasteiger charge is 2.32. The third kappa shape index (κ3) is 4.67. The van der Waals surface area contributed by atoms with E-state index in [0.717, 1.165) is 0 Å². The minimum absolute atomic E-state index is 1.18. The van der Waals surface area contributed by atoms with Gasteiger partial charge in [-0.3, -0.25) is 0 Å². The quantitative estimate of drug-likeness (QED) is 0.157. The number of hydrogen-bond acceptors (Lipinski definition) is 0. The molecule has 0 atom stereocenters. The van der Waals surface area contributed by atoms with Crippen molar-refractivity contribution in [2.75, 3.05) is 0 Å². The lowest BCUT2D eigenvalue weighted by molar-refractivity contribution is 0.979. The predicted molar refractivity (Wildman–Crippen MR) is 265 cm³/mol. The first-order chi connectivity index (χ1) is 31.2. The van der Waals surface area contributed by atoms with Gasteiger partial charge < -0.3 is 9.13 Å². The first kappa shape index (κ1) is 34.5. The van der Waals surface area contributed by atoms with Crippen molar-refractivity contribution in [2.45, 2.75) is 0 Å². The average Bonchev–Trinajstić information content (AvgIpc) is 4.05. The molecule has 63 heavy (non-hydrogen) atoms. The van der Waals surface area contributed by atoms with Crippen LogP contribution in [0.5, 0.6) is 0 Å². The third-order valence-corrected chi connectivity index (χ3v) is 14.0. The zero-order valence-corrected chi connectivity index (χ0v) is 34.6. The van der Waals surface area contributed by atoms with Crippen LogP contribution in [0.15, 0.2) is 212 Å². The smallest absolute Gasteiger partial charge is 0.0625 e. The highest BCUT2D eigenvalue weighted by Crippen LogP contribution is 2.55. The zero-order valence-electron chi connectivity index (χ0n) is 34.6. The topological polar surface area (TPSA) is 9.86 Å². The van der Waals surface area contributed by atoms with Crippen molar-refractivity contribution in [1.29, 1.82) is 0 Å². The van der Waals surface area contributed by atoms with E-state index in [1.54, 1.807) is 0 Å². The van der Waals surface area contributed by atoms with Gasteiger partial charge in [-0.2, -0.15) is 0 Å². The predicted octanol–water partition coefficient (Wildman–Crippen LogP) is 16.4. The molecule has 2 heteroatoms. The van der Waals surface area contributed by atoms with Gasteiger partial charge in [0, 0.05) is 51.3 Å². The molecule has 0 saturated carbocycles. The van der Waals surface area contributed by atoms with E-state index in [1.807, 2.05) is 0 Å². The first-order valence-corrected chi connectivity index (χ1v) is 21.9. The molecule has 2 heterocycles. The molecule has 0 radical (unpaired) electrons. The molecule has 292 valence electrons. The summed E-state index contributed by atoms with van der Waals surface area (Å²) in [5.74, 6) is 0. The van der Waals surface area contributed by atoms with Crippen molar-refractivity contribution in [3.8, 4) is 95.0 Å². The number of para-hydroxylation sites is 2. The SMILES string of the molecule is Cn1c2c(c3ccccc31)-c1ccccc1-c1c(c3ccccc3n1-c1ccc3c(c1)-c1cccc4cccc-3c14)-c1ccccc1-2.c1ccc2c(c1)-c1cccc3cccc-2c13. The Kier molecular flexibility index (Phi) is 7.07. The summed E-state index contributed by atoms with van der Waals surface area (Å²) in [4.78, 5) is 0. The van der Waals surface area contributed by atoms with Gasteiger partial charge >= 0.3 is 0 Å². The molecule has 0 aliphatic heterocycles. The van der Waals surface area contributed by atoms with E-state index in [-0.39, 0.29) is 0 Å². The van der Waals surface area contributed by atoms with Crippen LogP contribution in [0.1, 0.15) is 0 Å². The highest BCUT2D eigenvalue weighted by atomic mass is 15.0. The zero-order chi connectivity index (χ0) is 41.3. The van der Waals surface area contributed by atoms with Gasteiger partial charge in [-0.1, -0.05) is 188 Å². The Morgan fingerprint density at radius 2 is 0.683 bits per heavy atom. The lowest BCUT2D eigenvalue weighted by Crippen LogP contribution is -2.02. The second-order valence-corrected chi connectivity index (χ2v) is 17.2. The van der Waals surface area contributed by atoms with E-state index in [1.165, 1.54) is 138 Å². The molecule has 0 spiro atoms. The van der Waals surface area contributed by atoms with Gasteiger partial charge in [0.05, 0.1) is 16.9 Å². The summed E-state index contributed by atoms with van der Waals surface area (Å²) < 4.78 is 4.92. The Balaban J connectivity index is 0.000000201. The van der Waals surface area contributed by atoms with E-state index < -0.39 is 0 Å². The summed E-state index contributed by atoms with van der Waals surface area (Å²) in [5.41, 5.74) is 24.5. The summed E-state index contributed by atoms with van der Waals surface area (Å²) in [6.07, 6.45) is 0. The van der Waals surface area contributed by atoms with Gasteiger partial charge in [-0.05, 0) is 101 Å². The van der Waals surface area contributed by atoms with Crippen molar-refractivity contribution in [3.63, 3.8) is 0 Å². The lowest BCUT2D eigenvalue weighted by atomic mass is 9.84. The highest BCUT2D eigenvalue weighted by molar-refractivity contribution is 6.19. The maximum absolute atomic E-state index is 2.53. The molecule has 0 bridgehead atoms. The van der Waals surface area contributed by atoms with Crippen LogP contribution in [-0.2, 0) is 7.05 Å². The summed E-state index contributed by atoms with van der Waals surface area (Å²) in [6.45, 7) is 0. The van der Waals surface area contributed by atoms with E-state index in [9.17, 15) is 0 Å². The Bertz CT molecular complexity index is 3860. The number of rotatable bonds is 1. The maximum Gasteiger partial charge on any atom is 0.0625 e. The van der Waals surface area contributed by atoms with Gasteiger partial charge in [0.15, 0.2) is 0 Å². The van der Waals surface area contributed by atoms with Crippen molar-refractivity contribution in [2.24, 2.45) is 7.05 Å². The minimum Gasteiger partial charge on any atom is -0.343 e. The van der Waals surface area contributed by atoms with Crippen molar-refractivity contribution < 1.29 is 0 Å². The number of hydrogen-bond donors (Lipinski definition) is 0. The summed E-state index contributed by atoms with van der Waals surface area (Å²) in [7, 11) is 2.22. The fourth-order valence-corrected chi connectivity index (χ4v) is 11.5. The second kappa shape index (κ2) is 12.9. The monoisotopic (exact) mass is 798 g/mol. The molecule has 2 aromatic heterocycles. The lowest BCUT2D eigenvalue weighted by Gasteiger charge is -2.22. The molecule has 0 N–H and O–H groups in total. The Labute approximate surface area is 365 Å². The van der Waals surface area contributed by atoms with Crippen molar-refractivity contribution in [1.82, 2.24) is 9.13 Å². The van der Waals surface area contributed by atoms with Crippen LogP contribution in [-0.4, -0.2) is 9.13 Å². The maximum atomic E-state index is 2.53. The summed E-state index contributed by atoms with van der Waals surface area (Å²) >= 11 is 0. The van der Waals surface area contributed by atoms with Crippen molar-refractivity contribution in [3.05, 3.63) is 212 Å². The molecule has 0 saturated heterocycles. The molecule has 0 unspecified atom stereocenters. The normalized spacial score (nSPS) is 12.2. The molecule has 0 amide bonds. The summed E-state index contributed by atoms with van der Waals surface area (Å²) in [5, 5.41) is 7.94. The second-order valence-electron chi connectivity index (χ2n) is 17.2. The van der Waals surface area contributed by atoms with Crippen LogP contribution in [0.4, 0.5) is 0 Å². The van der Waals surface area contributed by atoms with Gasteiger partial charge in [0.1, 0.15) is 0 Å². The van der Waals surface area contributed by atoms with Crippen LogP contribution in [0.2, 0.25) is 0 Å². The Hall–Kier alpha value is -8.20. The van der Waals surface area contributed by atoms with Crippen LogP contribution >= 0.6 is 0 Å². The molecule has 3 aliphatic carbocycles. The van der Waals surface area contributed by atoms with Crippen LogP contribution < -0.4 is 0 Å². The molecule has 12 aromatic rings. The number of aromatic nitrogens is 2. The number of fused-ring (bicyclic) bond motifs is 18. The number of benzene rings is 10. The van der Waals surface area contributed by atoms with Gasteiger partial charge in [-0.15, -0.1) is 0 Å². The van der Waals surface area contributed by atoms with E-state index in [2.05, 4.69) is 229 Å². The fourth-order valence-electron chi connectivity index (χ4n) is 11.5. The Morgan fingerprint density at radius 1 is 0.286 bits per heavy atom. The van der Waals surface area contributed by atoms with Gasteiger partial charge in [0.25, 0.3) is 0 Å². The van der Waals surface area contributed by atoms with Gasteiger partial charge in [-0.25, -0.2) is 0 Å². The van der Waals surface area contributed by atoms with Crippen LogP contribution in [0.3, 0.4) is 0 Å². The first-order valence-electron chi connectivity index (χ1n) is 21.9. The molecule has 15 rings (SSSR count). The molecule has 3 aliphatic rings. The summed E-state index contributed by atoms with van der Waals surface area (Å²) in [6, 6.07) is 78.1. The standard InChI is InChI=1S/C45H28N2.C16H10/c1-46-39-22-8-6-18-36(39)42-32-15-3-5-17-35(32)45-43(31-14-2-4-16-34(31)44(42)46)37-19-7-9-23-40(37)47(45)28-24-25-29-30-20-10-12-27-13-11-21-33(41(27)30)38(29)26-28;1-2-8-13-12(7-1)14-9-3-5-11-6-4-10-15(13)16(11)14/h2-26H,1H3;1-10H. The minimum atomic E-state index is 1.18. The average molecular weight is 799 g/mol. The third-order valence-electron chi connectivity index (χ3n) is 14.0. The largest absolute Gasteiger partial charge is 0.343 e. The molecular weight excluding hydrogens is 761 g/mol. The van der Waals surface area contributed by atoms with Gasteiger partial charge in [0.2, 0.25) is 0 Å².